The van der Waals surface area contributed by atoms with Crippen molar-refractivity contribution in [3.8, 4) is 11.1 Å². The van der Waals surface area contributed by atoms with Crippen LogP contribution in [0.5, 0.6) is 0 Å². The number of benzene rings is 4. The lowest BCUT2D eigenvalue weighted by Gasteiger charge is -2.26. The highest BCUT2D eigenvalue weighted by Gasteiger charge is 2.13. The summed E-state index contributed by atoms with van der Waals surface area (Å²) in [6.45, 7) is 4.29. The van der Waals surface area contributed by atoms with Gasteiger partial charge in [0.05, 0.1) is 12.2 Å². The molecule has 3 heteroatoms. The largest absolute Gasteiger partial charge is 0.462 e. The fourth-order valence-corrected chi connectivity index (χ4v) is 3.61. The first kappa shape index (κ1) is 20.4. The van der Waals surface area contributed by atoms with Gasteiger partial charge in [0.1, 0.15) is 0 Å². The second kappa shape index (κ2) is 9.31. The summed E-state index contributed by atoms with van der Waals surface area (Å²) in [6, 6.07) is 34.9. The Morgan fingerprint density at radius 2 is 1.29 bits per heavy atom. The second-order valence-electron chi connectivity index (χ2n) is 7.35. The molecule has 0 N–H and O–H groups in total. The van der Waals surface area contributed by atoms with Crippen LogP contribution in [0.1, 0.15) is 22.8 Å². The Morgan fingerprint density at radius 3 is 1.90 bits per heavy atom. The average Bonchev–Trinajstić information content (AvgIpc) is 2.81. The van der Waals surface area contributed by atoms with Crippen molar-refractivity contribution in [1.82, 2.24) is 0 Å². The quantitative estimate of drug-likeness (QED) is 0.314. The lowest BCUT2D eigenvalue weighted by atomic mass is 10.0. The van der Waals surface area contributed by atoms with Crippen molar-refractivity contribution in [3.63, 3.8) is 0 Å². The third-order valence-electron chi connectivity index (χ3n) is 5.13. The summed E-state index contributed by atoms with van der Waals surface area (Å²) < 4.78 is 5.06. The molecule has 0 saturated heterocycles. The number of nitrogens with zero attached hydrogens (tertiary/aromatic N) is 1. The molecule has 0 atom stereocenters. The number of rotatable bonds is 6. The Balaban J connectivity index is 1.65. The van der Waals surface area contributed by atoms with Gasteiger partial charge in [0.15, 0.2) is 0 Å². The van der Waals surface area contributed by atoms with Gasteiger partial charge in [-0.05, 0) is 79.1 Å². The number of esters is 1. The minimum absolute atomic E-state index is 0.291. The zero-order valence-corrected chi connectivity index (χ0v) is 17.8. The van der Waals surface area contributed by atoms with Gasteiger partial charge in [0, 0.05) is 17.1 Å². The van der Waals surface area contributed by atoms with Crippen LogP contribution >= 0.6 is 0 Å². The fourth-order valence-electron chi connectivity index (χ4n) is 3.61. The Bertz CT molecular complexity index is 1150. The molecule has 0 aliphatic heterocycles. The van der Waals surface area contributed by atoms with E-state index in [4.69, 9.17) is 4.74 Å². The summed E-state index contributed by atoms with van der Waals surface area (Å²) in [6.07, 6.45) is 0. The molecule has 0 fully saturated rings. The number of carbonyl (C=O) groups is 1. The minimum atomic E-state index is -0.291. The van der Waals surface area contributed by atoms with E-state index in [0.29, 0.717) is 12.2 Å². The molecular formula is C28H25NO2. The third-order valence-corrected chi connectivity index (χ3v) is 5.13. The molecule has 0 amide bonds. The Hall–Kier alpha value is -3.85. The van der Waals surface area contributed by atoms with Crippen molar-refractivity contribution in [2.24, 2.45) is 0 Å². The van der Waals surface area contributed by atoms with Crippen LogP contribution in [0.2, 0.25) is 0 Å². The molecule has 31 heavy (non-hydrogen) atoms. The van der Waals surface area contributed by atoms with Gasteiger partial charge in [0.2, 0.25) is 0 Å². The zero-order chi connectivity index (χ0) is 21.6. The van der Waals surface area contributed by atoms with Crippen LogP contribution in [0.15, 0.2) is 103 Å². The van der Waals surface area contributed by atoms with Gasteiger partial charge in [-0.15, -0.1) is 0 Å². The van der Waals surface area contributed by atoms with Crippen LogP contribution in [-0.2, 0) is 4.74 Å². The van der Waals surface area contributed by atoms with E-state index in [1.165, 1.54) is 5.56 Å². The molecule has 0 aliphatic carbocycles. The molecule has 0 bridgehead atoms. The fraction of sp³-hybridized carbons (Fsp3) is 0.107. The van der Waals surface area contributed by atoms with Crippen molar-refractivity contribution in [1.29, 1.82) is 0 Å². The minimum Gasteiger partial charge on any atom is -0.462 e. The first-order valence-corrected chi connectivity index (χ1v) is 10.4. The highest BCUT2D eigenvalue weighted by atomic mass is 16.5. The van der Waals surface area contributed by atoms with Gasteiger partial charge in [-0.1, -0.05) is 54.6 Å². The van der Waals surface area contributed by atoms with E-state index in [2.05, 4.69) is 84.6 Å². The molecule has 154 valence electrons. The third kappa shape index (κ3) is 4.67. The highest BCUT2D eigenvalue weighted by molar-refractivity contribution is 5.90. The normalized spacial score (nSPS) is 10.5. The van der Waals surface area contributed by atoms with Gasteiger partial charge in [-0.25, -0.2) is 4.79 Å². The van der Waals surface area contributed by atoms with Gasteiger partial charge in [0.25, 0.3) is 0 Å². The average molecular weight is 408 g/mol. The van der Waals surface area contributed by atoms with Gasteiger partial charge >= 0.3 is 5.97 Å². The molecule has 4 aromatic rings. The summed E-state index contributed by atoms with van der Waals surface area (Å²) in [5.41, 5.74) is 7.26. The summed E-state index contributed by atoms with van der Waals surface area (Å²) >= 11 is 0. The van der Waals surface area contributed by atoms with E-state index in [1.807, 2.05) is 37.3 Å². The summed E-state index contributed by atoms with van der Waals surface area (Å²) in [7, 11) is 0. The molecule has 0 heterocycles. The molecule has 3 nitrogen and oxygen atoms in total. The Kier molecular flexibility index (Phi) is 6.13. The predicted octanol–water partition coefficient (Wildman–Crippen LogP) is 7.31. The van der Waals surface area contributed by atoms with Gasteiger partial charge in [-0.2, -0.15) is 0 Å². The summed E-state index contributed by atoms with van der Waals surface area (Å²) in [4.78, 5) is 14.1. The van der Waals surface area contributed by atoms with Crippen LogP contribution in [0, 0.1) is 6.92 Å². The molecule has 4 aromatic carbocycles. The molecule has 0 spiro atoms. The summed E-state index contributed by atoms with van der Waals surface area (Å²) in [5.74, 6) is -0.291. The van der Waals surface area contributed by atoms with E-state index >= 15 is 0 Å². The first-order chi connectivity index (χ1) is 15.2. The van der Waals surface area contributed by atoms with E-state index in [9.17, 15) is 4.79 Å². The Morgan fingerprint density at radius 1 is 0.710 bits per heavy atom. The Labute approximate surface area is 183 Å². The van der Waals surface area contributed by atoms with Gasteiger partial charge < -0.3 is 9.64 Å². The maximum atomic E-state index is 11.9. The maximum absolute atomic E-state index is 11.9. The van der Waals surface area contributed by atoms with Crippen LogP contribution in [0.25, 0.3) is 11.1 Å². The van der Waals surface area contributed by atoms with Crippen molar-refractivity contribution in [3.05, 3.63) is 114 Å². The lowest BCUT2D eigenvalue weighted by Crippen LogP contribution is -2.09. The predicted molar refractivity (Wildman–Crippen MR) is 127 cm³/mol. The van der Waals surface area contributed by atoms with E-state index in [-0.39, 0.29) is 5.97 Å². The van der Waals surface area contributed by atoms with Crippen molar-refractivity contribution in [2.75, 3.05) is 11.5 Å². The van der Waals surface area contributed by atoms with E-state index in [0.717, 1.165) is 28.2 Å². The standard InChI is InChI=1S/C28H25NO2/c1-3-31-28(30)24-14-12-22(13-15-24)23-16-18-26(19-17-23)29(25-9-5-4-6-10-25)27-11-7-8-21(2)20-27/h4-20H,3H2,1-2H3. The molecule has 0 unspecified atom stereocenters. The molecule has 4 rings (SSSR count). The smallest absolute Gasteiger partial charge is 0.338 e. The number of carbonyl (C=O) groups excluding carboxylic acids is 1. The van der Waals surface area contributed by atoms with Crippen molar-refractivity contribution >= 4 is 23.0 Å². The number of para-hydroxylation sites is 1. The molecular weight excluding hydrogens is 382 g/mol. The highest BCUT2D eigenvalue weighted by Crippen LogP contribution is 2.35. The molecule has 0 aromatic heterocycles. The number of aryl methyl sites for hydroxylation is 1. The SMILES string of the molecule is CCOC(=O)c1ccc(-c2ccc(N(c3ccccc3)c3cccc(C)c3)cc2)cc1. The first-order valence-electron chi connectivity index (χ1n) is 10.4. The number of anilines is 3. The van der Waals surface area contributed by atoms with Crippen molar-refractivity contribution < 1.29 is 9.53 Å². The summed E-state index contributed by atoms with van der Waals surface area (Å²) in [5, 5.41) is 0. The second-order valence-corrected chi connectivity index (χ2v) is 7.35. The van der Waals surface area contributed by atoms with Crippen LogP contribution in [0.3, 0.4) is 0 Å². The monoisotopic (exact) mass is 407 g/mol. The number of hydrogen-bond acceptors (Lipinski definition) is 3. The van der Waals surface area contributed by atoms with Crippen LogP contribution < -0.4 is 4.90 Å². The van der Waals surface area contributed by atoms with Crippen molar-refractivity contribution in [2.45, 2.75) is 13.8 Å². The lowest BCUT2D eigenvalue weighted by molar-refractivity contribution is 0.0526. The number of ether oxygens (including phenoxy) is 1. The van der Waals surface area contributed by atoms with Crippen LogP contribution in [0.4, 0.5) is 17.1 Å². The molecule has 0 radical (unpaired) electrons. The van der Waals surface area contributed by atoms with E-state index in [1.54, 1.807) is 0 Å². The van der Waals surface area contributed by atoms with E-state index < -0.39 is 0 Å². The van der Waals surface area contributed by atoms with Crippen LogP contribution in [-0.4, -0.2) is 12.6 Å². The number of hydrogen-bond donors (Lipinski definition) is 0. The van der Waals surface area contributed by atoms with Gasteiger partial charge in [-0.3, -0.25) is 0 Å². The molecule has 0 aliphatic rings. The zero-order valence-electron chi connectivity index (χ0n) is 17.8. The topological polar surface area (TPSA) is 29.5 Å². The maximum Gasteiger partial charge on any atom is 0.338 e. The molecule has 0 saturated carbocycles.